The molecule has 0 amide bonds. The maximum Gasteiger partial charge on any atom is 0.304 e. The number of fused-ring (bicyclic) bond motifs is 1. The summed E-state index contributed by atoms with van der Waals surface area (Å²) >= 11 is 1.42. The fourth-order valence-corrected chi connectivity index (χ4v) is 2.73. The van der Waals surface area contributed by atoms with E-state index in [9.17, 15) is 9.90 Å². The molecule has 2 N–H and O–H groups in total. The number of carboxylic acid groups (broad SMARTS) is 1. The van der Waals surface area contributed by atoms with Crippen LogP contribution in [0.3, 0.4) is 0 Å². The number of thioether (sulfide) groups is 1. The summed E-state index contributed by atoms with van der Waals surface area (Å²) in [5, 5.41) is 20.6. The summed E-state index contributed by atoms with van der Waals surface area (Å²) in [5.74, 6) is 0.885. The lowest BCUT2D eigenvalue weighted by Crippen LogP contribution is -2.20. The van der Waals surface area contributed by atoms with Crippen LogP contribution in [0, 0.1) is 0 Å². The van der Waals surface area contributed by atoms with Gasteiger partial charge in [-0.15, -0.1) is 0 Å². The number of hydrogen-bond donors (Lipinski definition) is 2. The number of carbonyl (C=O) groups is 1. The molecule has 21 heavy (non-hydrogen) atoms. The molecule has 0 aromatic heterocycles. The number of rotatable bonds is 8. The van der Waals surface area contributed by atoms with Crippen molar-refractivity contribution < 1.29 is 19.7 Å². The summed E-state index contributed by atoms with van der Waals surface area (Å²) in [4.78, 5) is 10.4. The van der Waals surface area contributed by atoms with Crippen LogP contribution in [0.15, 0.2) is 42.5 Å². The van der Waals surface area contributed by atoms with Crippen LogP contribution in [0.25, 0.3) is 10.8 Å². The van der Waals surface area contributed by atoms with Crippen LogP contribution in [-0.4, -0.2) is 40.4 Å². The summed E-state index contributed by atoms with van der Waals surface area (Å²) in [6.45, 7) is 0.207. The molecule has 0 aliphatic rings. The fraction of sp³-hybridized carbons (Fsp3) is 0.312. The van der Waals surface area contributed by atoms with Gasteiger partial charge >= 0.3 is 5.97 Å². The Morgan fingerprint density at radius 3 is 2.71 bits per heavy atom. The molecule has 112 valence electrons. The van der Waals surface area contributed by atoms with E-state index in [0.29, 0.717) is 11.5 Å². The Balaban J connectivity index is 1.77. The molecule has 0 fully saturated rings. The molecular formula is C16H18O4S. The highest BCUT2D eigenvalue weighted by Crippen LogP contribution is 2.20. The van der Waals surface area contributed by atoms with E-state index in [1.807, 2.05) is 42.5 Å². The van der Waals surface area contributed by atoms with Crippen LogP contribution in [0.5, 0.6) is 5.75 Å². The first-order chi connectivity index (χ1) is 10.1. The van der Waals surface area contributed by atoms with E-state index >= 15 is 0 Å². The van der Waals surface area contributed by atoms with Gasteiger partial charge in [-0.1, -0.05) is 30.3 Å². The Morgan fingerprint density at radius 1 is 1.19 bits per heavy atom. The quantitative estimate of drug-likeness (QED) is 0.734. The van der Waals surface area contributed by atoms with Gasteiger partial charge in [-0.2, -0.15) is 11.8 Å². The third-order valence-corrected chi connectivity index (χ3v) is 4.05. The van der Waals surface area contributed by atoms with E-state index in [0.717, 1.165) is 16.5 Å². The van der Waals surface area contributed by atoms with Crippen LogP contribution in [0.4, 0.5) is 0 Å². The largest absolute Gasteiger partial charge is 0.491 e. The first-order valence-electron chi connectivity index (χ1n) is 6.74. The minimum Gasteiger partial charge on any atom is -0.491 e. The van der Waals surface area contributed by atoms with Crippen molar-refractivity contribution in [1.29, 1.82) is 0 Å². The highest BCUT2D eigenvalue weighted by molar-refractivity contribution is 7.99. The summed E-state index contributed by atoms with van der Waals surface area (Å²) in [5.41, 5.74) is 0. The van der Waals surface area contributed by atoms with Crippen LogP contribution in [0.2, 0.25) is 0 Å². The van der Waals surface area contributed by atoms with Gasteiger partial charge in [-0.3, -0.25) is 4.79 Å². The smallest absolute Gasteiger partial charge is 0.304 e. The van der Waals surface area contributed by atoms with E-state index in [2.05, 4.69) is 0 Å². The molecule has 0 unspecified atom stereocenters. The van der Waals surface area contributed by atoms with E-state index in [-0.39, 0.29) is 13.0 Å². The number of aliphatic hydroxyl groups is 1. The first-order valence-corrected chi connectivity index (χ1v) is 7.90. The van der Waals surface area contributed by atoms with E-state index < -0.39 is 12.1 Å². The minimum atomic E-state index is -0.815. The monoisotopic (exact) mass is 306 g/mol. The molecule has 0 bridgehead atoms. The van der Waals surface area contributed by atoms with Crippen molar-refractivity contribution in [3.63, 3.8) is 0 Å². The van der Waals surface area contributed by atoms with Crippen molar-refractivity contribution in [2.45, 2.75) is 12.5 Å². The third kappa shape index (κ3) is 5.28. The molecule has 2 aromatic carbocycles. The number of aliphatic carboxylic acids is 1. The van der Waals surface area contributed by atoms with Crippen molar-refractivity contribution in [1.82, 2.24) is 0 Å². The second kappa shape index (κ2) is 7.90. The molecule has 0 aliphatic carbocycles. The average molecular weight is 306 g/mol. The van der Waals surface area contributed by atoms with Crippen LogP contribution >= 0.6 is 11.8 Å². The van der Waals surface area contributed by atoms with Gasteiger partial charge in [0.2, 0.25) is 0 Å². The molecule has 0 radical (unpaired) electrons. The molecule has 2 aromatic rings. The molecule has 5 heteroatoms. The second-order valence-corrected chi connectivity index (χ2v) is 5.84. The average Bonchev–Trinajstić information content (AvgIpc) is 2.49. The van der Waals surface area contributed by atoms with Crippen molar-refractivity contribution in [3.8, 4) is 5.75 Å². The number of aliphatic hydroxyl groups excluding tert-OH is 1. The van der Waals surface area contributed by atoms with Crippen molar-refractivity contribution in [2.75, 3.05) is 18.1 Å². The molecule has 0 aliphatic heterocycles. The molecule has 0 saturated heterocycles. The Morgan fingerprint density at radius 2 is 1.95 bits per heavy atom. The zero-order valence-corrected chi connectivity index (χ0v) is 12.4. The molecule has 0 saturated carbocycles. The van der Waals surface area contributed by atoms with Crippen molar-refractivity contribution in [3.05, 3.63) is 42.5 Å². The Labute approximate surface area is 127 Å². The first kappa shape index (κ1) is 15.7. The summed E-state index contributed by atoms with van der Waals surface area (Å²) in [6.07, 6.45) is -0.488. The van der Waals surface area contributed by atoms with Gasteiger partial charge in [0, 0.05) is 11.5 Å². The standard InChI is InChI=1S/C16H18O4S/c17-14(11-21-8-7-16(18)19)10-20-15-6-5-12-3-1-2-4-13(12)9-15/h1-6,9,14,17H,7-8,10-11H2,(H,18,19)/t14-/m1/s1. The zero-order valence-electron chi connectivity index (χ0n) is 11.6. The summed E-state index contributed by atoms with van der Waals surface area (Å²) in [7, 11) is 0. The highest BCUT2D eigenvalue weighted by Gasteiger charge is 2.07. The van der Waals surface area contributed by atoms with Gasteiger partial charge in [0.1, 0.15) is 12.4 Å². The lowest BCUT2D eigenvalue weighted by atomic mass is 10.1. The van der Waals surface area contributed by atoms with Gasteiger partial charge in [0.05, 0.1) is 12.5 Å². The normalized spacial score (nSPS) is 12.2. The Kier molecular flexibility index (Phi) is 5.90. The van der Waals surface area contributed by atoms with Crippen LogP contribution in [-0.2, 0) is 4.79 Å². The fourth-order valence-electron chi connectivity index (χ4n) is 1.88. The Bertz CT molecular complexity index is 600. The third-order valence-electron chi connectivity index (χ3n) is 2.93. The lowest BCUT2D eigenvalue weighted by Gasteiger charge is -2.12. The lowest BCUT2D eigenvalue weighted by molar-refractivity contribution is -0.136. The predicted molar refractivity (Wildman–Crippen MR) is 85.0 cm³/mol. The van der Waals surface area contributed by atoms with Gasteiger partial charge in [0.25, 0.3) is 0 Å². The summed E-state index contributed by atoms with van der Waals surface area (Å²) < 4.78 is 5.57. The SMILES string of the molecule is O=C(O)CCSC[C@H](O)COc1ccc2ccccc2c1. The predicted octanol–water partition coefficient (Wildman–Crippen LogP) is 2.79. The van der Waals surface area contributed by atoms with Crippen LogP contribution < -0.4 is 4.74 Å². The van der Waals surface area contributed by atoms with Crippen LogP contribution in [0.1, 0.15) is 6.42 Å². The van der Waals surface area contributed by atoms with E-state index in [1.165, 1.54) is 11.8 Å². The maximum atomic E-state index is 10.4. The van der Waals surface area contributed by atoms with Gasteiger partial charge in [-0.25, -0.2) is 0 Å². The zero-order chi connectivity index (χ0) is 15.1. The van der Waals surface area contributed by atoms with Crippen molar-refractivity contribution >= 4 is 28.5 Å². The second-order valence-electron chi connectivity index (χ2n) is 4.69. The molecule has 0 heterocycles. The topological polar surface area (TPSA) is 66.8 Å². The molecule has 4 nitrogen and oxygen atoms in total. The molecule has 2 rings (SSSR count). The minimum absolute atomic E-state index is 0.114. The molecular weight excluding hydrogens is 288 g/mol. The Hall–Kier alpha value is -1.72. The number of ether oxygens (including phenoxy) is 1. The van der Waals surface area contributed by atoms with Gasteiger partial charge in [-0.05, 0) is 22.9 Å². The number of benzene rings is 2. The highest BCUT2D eigenvalue weighted by atomic mass is 32.2. The number of hydrogen-bond acceptors (Lipinski definition) is 4. The molecule has 1 atom stereocenters. The number of carboxylic acids is 1. The van der Waals surface area contributed by atoms with Crippen molar-refractivity contribution in [2.24, 2.45) is 0 Å². The van der Waals surface area contributed by atoms with Gasteiger partial charge in [0.15, 0.2) is 0 Å². The summed E-state index contributed by atoms with van der Waals surface area (Å²) in [6, 6.07) is 13.8. The van der Waals surface area contributed by atoms with Gasteiger partial charge < -0.3 is 14.9 Å². The maximum absolute atomic E-state index is 10.4. The van der Waals surface area contributed by atoms with E-state index in [4.69, 9.17) is 9.84 Å². The van der Waals surface area contributed by atoms with E-state index in [1.54, 1.807) is 0 Å². The molecule has 0 spiro atoms.